The van der Waals surface area contributed by atoms with Gasteiger partial charge in [-0.1, -0.05) is 0 Å². The van der Waals surface area contributed by atoms with Gasteiger partial charge in [0.1, 0.15) is 5.76 Å². The Morgan fingerprint density at radius 1 is 1.32 bits per heavy atom. The fourth-order valence-electron chi connectivity index (χ4n) is 3.57. The van der Waals surface area contributed by atoms with Crippen LogP contribution in [0.25, 0.3) is 0 Å². The number of hydrogen-bond acceptors (Lipinski definition) is 5. The summed E-state index contributed by atoms with van der Waals surface area (Å²) in [5.41, 5.74) is 1.27. The molecule has 6 nitrogen and oxygen atoms in total. The molecule has 2 aromatic heterocycles. The summed E-state index contributed by atoms with van der Waals surface area (Å²) >= 11 is 0. The molecule has 2 aromatic rings. The van der Waals surface area contributed by atoms with Crippen LogP contribution in [0.4, 0.5) is 0 Å². The molecule has 0 aliphatic carbocycles. The van der Waals surface area contributed by atoms with Crippen molar-refractivity contribution in [1.29, 1.82) is 0 Å². The third-order valence-corrected chi connectivity index (χ3v) is 4.60. The van der Waals surface area contributed by atoms with Crippen LogP contribution in [0.2, 0.25) is 0 Å². The maximum Gasteiger partial charge on any atom is 0.117 e. The Bertz CT molecular complexity index is 609. The quantitative estimate of drug-likeness (QED) is 0.846. The van der Waals surface area contributed by atoms with Gasteiger partial charge in [-0.15, -0.1) is 0 Å². The average molecular weight is 302 g/mol. The molecule has 4 rings (SSSR count). The number of rotatable bonds is 4. The van der Waals surface area contributed by atoms with Crippen molar-refractivity contribution in [1.82, 2.24) is 19.6 Å². The molecule has 2 aliphatic heterocycles. The fourth-order valence-corrected chi connectivity index (χ4v) is 3.57. The van der Waals surface area contributed by atoms with Crippen molar-refractivity contribution < 1.29 is 9.15 Å². The zero-order valence-corrected chi connectivity index (χ0v) is 12.9. The summed E-state index contributed by atoms with van der Waals surface area (Å²) < 4.78 is 13.3. The minimum Gasteiger partial charge on any atom is -0.468 e. The first kappa shape index (κ1) is 14.0. The van der Waals surface area contributed by atoms with Crippen molar-refractivity contribution in [2.24, 2.45) is 7.05 Å². The number of aromatic nitrogens is 2. The van der Waals surface area contributed by atoms with Gasteiger partial charge < -0.3 is 9.15 Å². The van der Waals surface area contributed by atoms with Crippen molar-refractivity contribution in [3.8, 4) is 0 Å². The summed E-state index contributed by atoms with van der Waals surface area (Å²) in [4.78, 5) is 4.96. The second-order valence-corrected chi connectivity index (χ2v) is 6.24. The summed E-state index contributed by atoms with van der Waals surface area (Å²) in [6.07, 6.45) is 6.10. The lowest BCUT2D eigenvalue weighted by molar-refractivity contribution is -0.0504. The molecule has 0 aromatic carbocycles. The van der Waals surface area contributed by atoms with E-state index in [9.17, 15) is 0 Å². The molecular weight excluding hydrogens is 280 g/mol. The van der Waals surface area contributed by atoms with Crippen LogP contribution in [0.5, 0.6) is 0 Å². The lowest BCUT2D eigenvalue weighted by Gasteiger charge is -2.36. The number of likely N-dealkylation sites (tertiary alicyclic amines) is 1. The molecule has 22 heavy (non-hydrogen) atoms. The Hall–Kier alpha value is -1.63. The molecule has 0 unspecified atom stereocenters. The van der Waals surface area contributed by atoms with Crippen LogP contribution in [0.1, 0.15) is 11.3 Å². The van der Waals surface area contributed by atoms with Gasteiger partial charge in [0, 0.05) is 45.0 Å². The van der Waals surface area contributed by atoms with E-state index < -0.39 is 0 Å². The molecule has 2 saturated heterocycles. The van der Waals surface area contributed by atoms with Gasteiger partial charge in [0.15, 0.2) is 0 Å². The maximum absolute atomic E-state index is 5.99. The van der Waals surface area contributed by atoms with E-state index in [0.717, 1.165) is 45.1 Å². The van der Waals surface area contributed by atoms with Gasteiger partial charge in [-0.05, 0) is 12.1 Å². The smallest absolute Gasteiger partial charge is 0.117 e. The molecule has 0 spiro atoms. The van der Waals surface area contributed by atoms with Crippen LogP contribution in [-0.2, 0) is 24.9 Å². The minimum absolute atomic E-state index is 0.306. The van der Waals surface area contributed by atoms with E-state index >= 15 is 0 Å². The van der Waals surface area contributed by atoms with Gasteiger partial charge in [-0.25, -0.2) is 0 Å². The van der Waals surface area contributed by atoms with Crippen LogP contribution >= 0.6 is 0 Å². The summed E-state index contributed by atoms with van der Waals surface area (Å²) in [6, 6.07) is 4.45. The van der Waals surface area contributed by atoms with Gasteiger partial charge in [0.25, 0.3) is 0 Å². The molecule has 2 atom stereocenters. The number of nitrogens with zero attached hydrogens (tertiary/aromatic N) is 4. The first-order valence-corrected chi connectivity index (χ1v) is 7.86. The van der Waals surface area contributed by atoms with E-state index in [4.69, 9.17) is 9.15 Å². The molecule has 2 fully saturated rings. The molecule has 6 heteroatoms. The number of fused-ring (bicyclic) bond motifs is 1. The Morgan fingerprint density at radius 2 is 2.27 bits per heavy atom. The highest BCUT2D eigenvalue weighted by Gasteiger charge is 2.40. The molecule has 0 saturated carbocycles. The Kier molecular flexibility index (Phi) is 3.73. The number of hydrogen-bond donors (Lipinski definition) is 0. The van der Waals surface area contributed by atoms with Crippen LogP contribution < -0.4 is 0 Å². The molecular formula is C16H22N4O2. The second-order valence-electron chi connectivity index (χ2n) is 6.24. The number of furan rings is 1. The number of morpholine rings is 1. The van der Waals surface area contributed by atoms with Gasteiger partial charge in [0.05, 0.1) is 37.8 Å². The van der Waals surface area contributed by atoms with Crippen LogP contribution in [-0.4, -0.2) is 58.0 Å². The highest BCUT2D eigenvalue weighted by Crippen LogP contribution is 2.25. The lowest BCUT2D eigenvalue weighted by Crippen LogP contribution is -2.50. The monoisotopic (exact) mass is 302 g/mol. The second kappa shape index (κ2) is 5.87. The predicted octanol–water partition coefficient (Wildman–Crippen LogP) is 1.10. The van der Waals surface area contributed by atoms with Crippen molar-refractivity contribution in [3.63, 3.8) is 0 Å². The molecule has 0 bridgehead atoms. The summed E-state index contributed by atoms with van der Waals surface area (Å²) in [6.45, 7) is 5.64. The first-order chi connectivity index (χ1) is 10.8. The minimum atomic E-state index is 0.306. The van der Waals surface area contributed by atoms with E-state index in [0.29, 0.717) is 12.1 Å². The molecule has 2 aliphatic rings. The maximum atomic E-state index is 5.99. The van der Waals surface area contributed by atoms with Crippen molar-refractivity contribution in [2.45, 2.75) is 25.2 Å². The molecule has 0 radical (unpaired) electrons. The number of ether oxygens (including phenoxy) is 1. The molecule has 0 N–H and O–H groups in total. The number of aryl methyl sites for hydroxylation is 1. The van der Waals surface area contributed by atoms with Crippen molar-refractivity contribution in [2.75, 3.05) is 26.2 Å². The van der Waals surface area contributed by atoms with Crippen LogP contribution in [0, 0.1) is 0 Å². The van der Waals surface area contributed by atoms with E-state index in [2.05, 4.69) is 21.1 Å². The SMILES string of the molecule is Cn1cc(CN2CCO[C@@H]3CN(Cc4ccco4)C[C@@H]32)cn1. The summed E-state index contributed by atoms with van der Waals surface area (Å²) in [5.74, 6) is 1.03. The standard InChI is InChI=1S/C16H22N4O2/c1-18-8-13(7-17-18)9-20-4-6-22-16-12-19(11-15(16)20)10-14-3-2-5-21-14/h2-3,5,7-8,15-16H,4,6,9-12H2,1H3/t15-,16+/m0/s1. The average Bonchev–Trinajstić information content (AvgIpc) is 3.21. The van der Waals surface area contributed by atoms with E-state index in [1.54, 1.807) is 6.26 Å². The Labute approximate surface area is 130 Å². The van der Waals surface area contributed by atoms with Gasteiger partial charge >= 0.3 is 0 Å². The zero-order valence-electron chi connectivity index (χ0n) is 12.9. The lowest BCUT2D eigenvalue weighted by atomic mass is 10.1. The fraction of sp³-hybridized carbons (Fsp3) is 0.562. The highest BCUT2D eigenvalue weighted by atomic mass is 16.5. The van der Waals surface area contributed by atoms with Crippen molar-refractivity contribution in [3.05, 3.63) is 42.1 Å². The van der Waals surface area contributed by atoms with Gasteiger partial charge in [-0.2, -0.15) is 5.10 Å². The highest BCUT2D eigenvalue weighted by molar-refractivity contribution is 5.06. The summed E-state index contributed by atoms with van der Waals surface area (Å²) in [5, 5.41) is 4.27. The Morgan fingerprint density at radius 3 is 3.05 bits per heavy atom. The van der Waals surface area contributed by atoms with E-state index in [-0.39, 0.29) is 0 Å². The normalized spacial score (nSPS) is 26.4. The topological polar surface area (TPSA) is 46.7 Å². The van der Waals surface area contributed by atoms with Gasteiger partial charge in [0.2, 0.25) is 0 Å². The molecule has 0 amide bonds. The third kappa shape index (κ3) is 2.82. The predicted molar refractivity (Wildman–Crippen MR) is 81.1 cm³/mol. The molecule has 4 heterocycles. The largest absolute Gasteiger partial charge is 0.468 e. The Balaban J connectivity index is 1.42. The summed E-state index contributed by atoms with van der Waals surface area (Å²) in [7, 11) is 1.96. The third-order valence-electron chi connectivity index (χ3n) is 4.60. The van der Waals surface area contributed by atoms with Crippen LogP contribution in [0.3, 0.4) is 0 Å². The van der Waals surface area contributed by atoms with E-state index in [1.807, 2.05) is 30.1 Å². The van der Waals surface area contributed by atoms with Gasteiger partial charge in [-0.3, -0.25) is 14.5 Å². The van der Waals surface area contributed by atoms with E-state index in [1.165, 1.54) is 5.56 Å². The molecule has 118 valence electrons. The van der Waals surface area contributed by atoms with Crippen molar-refractivity contribution >= 4 is 0 Å². The van der Waals surface area contributed by atoms with Crippen LogP contribution in [0.15, 0.2) is 35.2 Å². The zero-order chi connectivity index (χ0) is 14.9. The first-order valence-electron chi connectivity index (χ1n) is 7.86.